The van der Waals surface area contributed by atoms with Crippen molar-refractivity contribution >= 4 is 21.7 Å². The number of sulfonamides is 1. The fourth-order valence-electron chi connectivity index (χ4n) is 6.46. The van der Waals surface area contributed by atoms with E-state index in [0.717, 1.165) is 76.1 Å². The maximum Gasteiger partial charge on any atom is 0.333 e. The van der Waals surface area contributed by atoms with E-state index >= 15 is 0 Å². The van der Waals surface area contributed by atoms with E-state index in [9.17, 15) is 13.2 Å². The number of benzene rings is 1. The van der Waals surface area contributed by atoms with Crippen LogP contribution in [0.15, 0.2) is 17.6 Å². The highest BCUT2D eigenvalue weighted by Gasteiger charge is 2.28. The van der Waals surface area contributed by atoms with Gasteiger partial charge in [-0.1, -0.05) is 31.4 Å². The van der Waals surface area contributed by atoms with Crippen molar-refractivity contribution in [1.29, 1.82) is 0 Å². The molecule has 1 aliphatic heterocycles. The molecule has 6 nitrogen and oxygen atoms in total. The first kappa shape index (κ1) is 22.9. The van der Waals surface area contributed by atoms with Crippen LogP contribution in [0, 0.1) is 5.92 Å². The standard InChI is InChI=1S/C26H37N3O3S/c30-26(27-25-23-12-4-9-20(23)17-21-10-5-13-24(21)25)28-33(31,32)16-14-22-11-6-15-29(22)18-19-7-2-1-3-8-19/h14,16-17,19,22H,1-13,15,18H2,(H2,27,28,30)/b16-14+. The van der Waals surface area contributed by atoms with Gasteiger partial charge in [-0.3, -0.25) is 4.90 Å². The van der Waals surface area contributed by atoms with Crippen molar-refractivity contribution in [1.82, 2.24) is 9.62 Å². The Kier molecular flexibility index (Phi) is 6.79. The molecule has 1 saturated carbocycles. The molecule has 1 saturated heterocycles. The quantitative estimate of drug-likeness (QED) is 0.632. The molecule has 33 heavy (non-hydrogen) atoms. The minimum atomic E-state index is -3.84. The zero-order valence-electron chi connectivity index (χ0n) is 19.6. The largest absolute Gasteiger partial charge is 0.333 e. The summed E-state index contributed by atoms with van der Waals surface area (Å²) in [6.07, 6.45) is 16.6. The van der Waals surface area contributed by atoms with E-state index in [4.69, 9.17) is 0 Å². The van der Waals surface area contributed by atoms with E-state index in [1.165, 1.54) is 59.8 Å². The van der Waals surface area contributed by atoms with Gasteiger partial charge in [0, 0.05) is 23.7 Å². The monoisotopic (exact) mass is 471 g/mol. The van der Waals surface area contributed by atoms with E-state index in [1.807, 2.05) is 0 Å². The molecule has 0 spiro atoms. The van der Waals surface area contributed by atoms with Crippen LogP contribution >= 0.6 is 0 Å². The number of fused-ring (bicyclic) bond motifs is 2. The first-order valence-corrected chi connectivity index (χ1v) is 14.5. The average molecular weight is 472 g/mol. The number of hydrogen-bond acceptors (Lipinski definition) is 4. The van der Waals surface area contributed by atoms with E-state index < -0.39 is 16.1 Å². The molecule has 1 unspecified atom stereocenters. The van der Waals surface area contributed by atoms with Crippen molar-refractivity contribution in [2.24, 2.45) is 5.92 Å². The highest BCUT2D eigenvalue weighted by Crippen LogP contribution is 2.38. The number of carbonyl (C=O) groups excluding carboxylic acids is 1. The van der Waals surface area contributed by atoms with E-state index in [1.54, 1.807) is 6.08 Å². The molecule has 4 aliphatic rings. The number of likely N-dealkylation sites (tertiary alicyclic amines) is 1. The van der Waals surface area contributed by atoms with Crippen LogP contribution < -0.4 is 10.0 Å². The number of anilines is 1. The van der Waals surface area contributed by atoms with E-state index in [-0.39, 0.29) is 6.04 Å². The maximum atomic E-state index is 12.7. The summed E-state index contributed by atoms with van der Waals surface area (Å²) in [6, 6.07) is 1.79. The molecule has 5 rings (SSSR count). The molecule has 0 bridgehead atoms. The van der Waals surface area contributed by atoms with Crippen molar-refractivity contribution in [2.75, 3.05) is 18.4 Å². The van der Waals surface area contributed by atoms with Gasteiger partial charge in [0.1, 0.15) is 0 Å². The third kappa shape index (κ3) is 5.29. The van der Waals surface area contributed by atoms with E-state index in [0.29, 0.717) is 0 Å². The Labute approximate surface area is 198 Å². The van der Waals surface area contributed by atoms with Gasteiger partial charge in [-0.25, -0.2) is 17.9 Å². The molecule has 1 heterocycles. The van der Waals surface area contributed by atoms with E-state index in [2.05, 4.69) is 21.0 Å². The van der Waals surface area contributed by atoms with Gasteiger partial charge in [0.15, 0.2) is 0 Å². The van der Waals surface area contributed by atoms with Crippen LogP contribution in [0.25, 0.3) is 0 Å². The van der Waals surface area contributed by atoms with Crippen molar-refractivity contribution in [3.05, 3.63) is 39.8 Å². The highest BCUT2D eigenvalue weighted by atomic mass is 32.2. The summed E-state index contributed by atoms with van der Waals surface area (Å²) in [5, 5.41) is 4.12. The number of nitrogens with zero attached hydrogens (tertiary/aromatic N) is 1. The molecule has 1 atom stereocenters. The zero-order chi connectivity index (χ0) is 22.8. The van der Waals surface area contributed by atoms with Gasteiger partial charge in [-0.15, -0.1) is 0 Å². The molecule has 2 fully saturated rings. The highest BCUT2D eigenvalue weighted by molar-refractivity contribution is 7.92. The predicted molar refractivity (Wildman–Crippen MR) is 132 cm³/mol. The average Bonchev–Trinajstić information content (AvgIpc) is 3.53. The van der Waals surface area contributed by atoms with Crippen molar-refractivity contribution < 1.29 is 13.2 Å². The lowest BCUT2D eigenvalue weighted by molar-refractivity contribution is 0.208. The molecule has 0 aromatic heterocycles. The summed E-state index contributed by atoms with van der Waals surface area (Å²) in [7, 11) is -3.84. The molecule has 7 heteroatoms. The molecule has 0 radical (unpaired) electrons. The lowest BCUT2D eigenvalue weighted by atomic mass is 9.89. The molecular formula is C26H37N3O3S. The van der Waals surface area contributed by atoms with Gasteiger partial charge in [-0.2, -0.15) is 0 Å². The summed E-state index contributed by atoms with van der Waals surface area (Å²) in [6.45, 7) is 2.09. The Morgan fingerprint density at radius 3 is 2.33 bits per heavy atom. The van der Waals surface area contributed by atoms with Gasteiger partial charge >= 0.3 is 6.03 Å². The van der Waals surface area contributed by atoms with Crippen LogP contribution in [0.3, 0.4) is 0 Å². The second kappa shape index (κ2) is 9.79. The number of nitrogens with one attached hydrogen (secondary N) is 2. The number of rotatable bonds is 6. The minimum absolute atomic E-state index is 0.146. The molecule has 180 valence electrons. The zero-order valence-corrected chi connectivity index (χ0v) is 20.4. The summed E-state index contributed by atoms with van der Waals surface area (Å²) >= 11 is 0. The number of aryl methyl sites for hydroxylation is 2. The van der Waals surface area contributed by atoms with Gasteiger partial charge in [-0.05, 0) is 98.9 Å². The molecule has 2 N–H and O–H groups in total. The smallest absolute Gasteiger partial charge is 0.307 e. The third-order valence-corrected chi connectivity index (χ3v) is 9.04. The number of carbonyl (C=O) groups is 1. The number of amides is 2. The summed E-state index contributed by atoms with van der Waals surface area (Å²) in [5.74, 6) is 0.739. The molecule has 2 amide bonds. The minimum Gasteiger partial charge on any atom is -0.307 e. The Hall–Kier alpha value is -1.86. The van der Waals surface area contributed by atoms with Crippen LogP contribution in [0.1, 0.15) is 80.0 Å². The third-order valence-electron chi connectivity index (χ3n) is 8.06. The SMILES string of the molecule is O=C(Nc1c2c(cc3c1CCC3)CCC2)NS(=O)(=O)/C=C/C1CCCN1CC1CCCCC1. The van der Waals surface area contributed by atoms with Crippen LogP contribution in [-0.4, -0.2) is 38.5 Å². The van der Waals surface area contributed by atoms with Gasteiger partial charge in [0.05, 0.1) is 0 Å². The van der Waals surface area contributed by atoms with Gasteiger partial charge in [0.2, 0.25) is 0 Å². The summed E-state index contributed by atoms with van der Waals surface area (Å²) < 4.78 is 27.6. The number of urea groups is 1. The normalized spacial score (nSPS) is 23.7. The predicted octanol–water partition coefficient (Wildman–Crippen LogP) is 4.67. The van der Waals surface area contributed by atoms with Crippen LogP contribution in [-0.2, 0) is 35.7 Å². The molecular weight excluding hydrogens is 434 g/mol. The fourth-order valence-corrected chi connectivity index (χ4v) is 7.23. The Morgan fingerprint density at radius 1 is 0.939 bits per heavy atom. The molecule has 3 aliphatic carbocycles. The van der Waals surface area contributed by atoms with Crippen LogP contribution in [0.5, 0.6) is 0 Å². The van der Waals surface area contributed by atoms with Crippen LogP contribution in [0.4, 0.5) is 10.5 Å². The van der Waals surface area contributed by atoms with Crippen molar-refractivity contribution in [3.8, 4) is 0 Å². The molecule has 1 aromatic rings. The fraction of sp³-hybridized carbons (Fsp3) is 0.654. The van der Waals surface area contributed by atoms with Gasteiger partial charge in [0.25, 0.3) is 10.0 Å². The Morgan fingerprint density at radius 2 is 1.64 bits per heavy atom. The Bertz CT molecular complexity index is 995. The second-order valence-electron chi connectivity index (χ2n) is 10.4. The van der Waals surface area contributed by atoms with Gasteiger partial charge < -0.3 is 5.32 Å². The maximum absolute atomic E-state index is 12.7. The molecule has 1 aromatic carbocycles. The second-order valence-corrected chi connectivity index (χ2v) is 11.9. The summed E-state index contributed by atoms with van der Waals surface area (Å²) in [4.78, 5) is 15.1. The van der Waals surface area contributed by atoms with Crippen molar-refractivity contribution in [2.45, 2.75) is 89.5 Å². The first-order chi connectivity index (χ1) is 16.0. The van der Waals surface area contributed by atoms with Crippen molar-refractivity contribution in [3.63, 3.8) is 0 Å². The first-order valence-electron chi connectivity index (χ1n) is 12.9. The lowest BCUT2D eigenvalue weighted by Gasteiger charge is -2.29. The number of hydrogen-bond donors (Lipinski definition) is 2. The summed E-state index contributed by atoms with van der Waals surface area (Å²) in [5.41, 5.74) is 5.88. The topological polar surface area (TPSA) is 78.5 Å². The Balaban J connectivity index is 1.22. The van der Waals surface area contributed by atoms with Crippen LogP contribution in [0.2, 0.25) is 0 Å². The lowest BCUT2D eigenvalue weighted by Crippen LogP contribution is -2.35.